The normalized spacial score (nSPS) is 10.3. The molecule has 0 radical (unpaired) electrons. The fourth-order valence-electron chi connectivity index (χ4n) is 1.75. The Labute approximate surface area is 121 Å². The lowest BCUT2D eigenvalue weighted by atomic mass is 10.2. The van der Waals surface area contributed by atoms with Crippen LogP contribution in [0, 0.1) is 5.82 Å². The summed E-state index contributed by atoms with van der Waals surface area (Å²) < 4.78 is 12.8. The minimum absolute atomic E-state index is 0.231. The average molecular weight is 282 g/mol. The van der Waals surface area contributed by atoms with Gasteiger partial charge in [-0.1, -0.05) is 26.7 Å². The highest BCUT2D eigenvalue weighted by molar-refractivity contribution is 7.80. The lowest BCUT2D eigenvalue weighted by Crippen LogP contribution is -2.36. The van der Waals surface area contributed by atoms with Crippen LogP contribution in [0.5, 0.6) is 0 Å². The third-order valence-electron chi connectivity index (χ3n) is 2.95. The van der Waals surface area contributed by atoms with Crippen molar-refractivity contribution >= 4 is 23.0 Å². The highest BCUT2D eigenvalue weighted by atomic mass is 32.1. The predicted octanol–water partition coefficient (Wildman–Crippen LogP) is 4.42. The maximum absolute atomic E-state index is 12.8. The minimum atomic E-state index is -0.231. The molecule has 0 aliphatic rings. The molecule has 0 atom stereocenters. The first-order valence-corrected chi connectivity index (χ1v) is 7.39. The van der Waals surface area contributed by atoms with E-state index in [9.17, 15) is 4.39 Å². The smallest absolute Gasteiger partial charge is 0.173 e. The standard InChI is InChI=1S/C15H23FN2S/c1-3-5-11-18(12-6-4-2)15(19)17-14-9-7-13(16)8-10-14/h7-10H,3-6,11-12H2,1-2H3,(H,17,19). The van der Waals surface area contributed by atoms with Crippen LogP contribution in [-0.2, 0) is 0 Å². The van der Waals surface area contributed by atoms with Crippen molar-refractivity contribution in [3.05, 3.63) is 30.1 Å². The molecule has 4 heteroatoms. The van der Waals surface area contributed by atoms with Gasteiger partial charge in [-0.05, 0) is 49.3 Å². The van der Waals surface area contributed by atoms with E-state index >= 15 is 0 Å². The van der Waals surface area contributed by atoms with Crippen molar-refractivity contribution in [2.75, 3.05) is 18.4 Å². The van der Waals surface area contributed by atoms with Crippen LogP contribution in [0.4, 0.5) is 10.1 Å². The number of hydrogen-bond acceptors (Lipinski definition) is 1. The highest BCUT2D eigenvalue weighted by Gasteiger charge is 2.08. The maximum Gasteiger partial charge on any atom is 0.173 e. The summed E-state index contributed by atoms with van der Waals surface area (Å²) >= 11 is 5.44. The molecular formula is C15H23FN2S. The molecule has 1 aromatic carbocycles. The summed E-state index contributed by atoms with van der Waals surface area (Å²) in [6.07, 6.45) is 4.58. The van der Waals surface area contributed by atoms with E-state index < -0.39 is 0 Å². The summed E-state index contributed by atoms with van der Waals surface area (Å²) in [5.41, 5.74) is 0.837. The van der Waals surface area contributed by atoms with Crippen LogP contribution >= 0.6 is 12.2 Å². The van der Waals surface area contributed by atoms with E-state index in [0.717, 1.165) is 49.6 Å². The number of anilines is 1. The molecule has 0 saturated carbocycles. The predicted molar refractivity (Wildman–Crippen MR) is 84.0 cm³/mol. The summed E-state index contributed by atoms with van der Waals surface area (Å²) in [6.45, 7) is 6.30. The van der Waals surface area contributed by atoms with Gasteiger partial charge in [0.25, 0.3) is 0 Å². The van der Waals surface area contributed by atoms with Gasteiger partial charge in [0.05, 0.1) is 0 Å². The number of halogens is 1. The van der Waals surface area contributed by atoms with Gasteiger partial charge in [-0.2, -0.15) is 0 Å². The number of nitrogens with zero attached hydrogens (tertiary/aromatic N) is 1. The van der Waals surface area contributed by atoms with E-state index in [0.29, 0.717) is 0 Å². The van der Waals surface area contributed by atoms with Crippen molar-refractivity contribution in [2.45, 2.75) is 39.5 Å². The van der Waals surface area contributed by atoms with Gasteiger partial charge in [0.2, 0.25) is 0 Å². The Morgan fingerprint density at radius 2 is 1.63 bits per heavy atom. The third-order valence-corrected chi connectivity index (χ3v) is 3.31. The topological polar surface area (TPSA) is 15.3 Å². The average Bonchev–Trinajstić information content (AvgIpc) is 2.41. The zero-order valence-electron chi connectivity index (χ0n) is 11.8. The summed E-state index contributed by atoms with van der Waals surface area (Å²) in [5, 5.41) is 3.91. The molecule has 0 aliphatic carbocycles. The summed E-state index contributed by atoms with van der Waals surface area (Å²) in [6, 6.07) is 6.29. The summed E-state index contributed by atoms with van der Waals surface area (Å²) in [4.78, 5) is 2.20. The van der Waals surface area contributed by atoms with Crippen molar-refractivity contribution in [2.24, 2.45) is 0 Å². The molecule has 19 heavy (non-hydrogen) atoms. The van der Waals surface area contributed by atoms with Gasteiger partial charge in [0.15, 0.2) is 5.11 Å². The molecule has 0 heterocycles. The Kier molecular flexibility index (Phi) is 7.41. The summed E-state index contributed by atoms with van der Waals surface area (Å²) in [7, 11) is 0. The van der Waals surface area contributed by atoms with Crippen LogP contribution in [0.3, 0.4) is 0 Å². The Balaban J connectivity index is 2.56. The first-order valence-electron chi connectivity index (χ1n) is 6.98. The SMILES string of the molecule is CCCCN(CCCC)C(=S)Nc1ccc(F)cc1. The lowest BCUT2D eigenvalue weighted by Gasteiger charge is -2.25. The van der Waals surface area contributed by atoms with Crippen LogP contribution in [0.25, 0.3) is 0 Å². The molecule has 0 fully saturated rings. The molecule has 1 N–H and O–H groups in total. The van der Waals surface area contributed by atoms with E-state index in [1.54, 1.807) is 12.1 Å². The molecule has 0 unspecified atom stereocenters. The van der Waals surface area contributed by atoms with Gasteiger partial charge in [-0.15, -0.1) is 0 Å². The molecule has 0 aliphatic heterocycles. The molecule has 0 amide bonds. The molecule has 0 spiro atoms. The zero-order valence-corrected chi connectivity index (χ0v) is 12.6. The van der Waals surface area contributed by atoms with Crippen LogP contribution in [0.1, 0.15) is 39.5 Å². The molecular weight excluding hydrogens is 259 g/mol. The third kappa shape index (κ3) is 6.01. The quantitative estimate of drug-likeness (QED) is 0.745. The van der Waals surface area contributed by atoms with Crippen LogP contribution in [0.15, 0.2) is 24.3 Å². The van der Waals surface area contributed by atoms with Gasteiger partial charge in [-0.3, -0.25) is 0 Å². The molecule has 0 saturated heterocycles. The van der Waals surface area contributed by atoms with Crippen LogP contribution < -0.4 is 5.32 Å². The van der Waals surface area contributed by atoms with Crippen LogP contribution in [-0.4, -0.2) is 23.1 Å². The second kappa shape index (κ2) is 8.86. The second-order valence-corrected chi connectivity index (χ2v) is 5.02. The van der Waals surface area contributed by atoms with Gasteiger partial charge in [0, 0.05) is 18.8 Å². The Morgan fingerprint density at radius 3 is 2.11 bits per heavy atom. The monoisotopic (exact) mass is 282 g/mol. The maximum atomic E-state index is 12.8. The molecule has 0 aromatic heterocycles. The van der Waals surface area contributed by atoms with Gasteiger partial charge < -0.3 is 10.2 Å². The van der Waals surface area contributed by atoms with Crippen LogP contribution in [0.2, 0.25) is 0 Å². The molecule has 1 aromatic rings. The fraction of sp³-hybridized carbons (Fsp3) is 0.533. The van der Waals surface area contributed by atoms with E-state index in [-0.39, 0.29) is 5.82 Å². The van der Waals surface area contributed by atoms with Crippen molar-refractivity contribution in [3.63, 3.8) is 0 Å². The number of rotatable bonds is 7. The number of nitrogens with one attached hydrogen (secondary N) is 1. The largest absolute Gasteiger partial charge is 0.349 e. The lowest BCUT2D eigenvalue weighted by molar-refractivity contribution is 0.403. The van der Waals surface area contributed by atoms with E-state index in [2.05, 4.69) is 24.1 Å². The Hall–Kier alpha value is -1.16. The fourth-order valence-corrected chi connectivity index (χ4v) is 2.05. The van der Waals surface area contributed by atoms with E-state index in [1.165, 1.54) is 12.1 Å². The van der Waals surface area contributed by atoms with Gasteiger partial charge in [-0.25, -0.2) is 4.39 Å². The Morgan fingerprint density at radius 1 is 1.11 bits per heavy atom. The van der Waals surface area contributed by atoms with Gasteiger partial charge in [0.1, 0.15) is 5.82 Å². The number of hydrogen-bond donors (Lipinski definition) is 1. The van der Waals surface area contributed by atoms with Crippen molar-refractivity contribution < 1.29 is 4.39 Å². The van der Waals surface area contributed by atoms with Crippen molar-refractivity contribution in [1.29, 1.82) is 0 Å². The molecule has 2 nitrogen and oxygen atoms in total. The first-order chi connectivity index (χ1) is 9.17. The number of benzene rings is 1. The van der Waals surface area contributed by atoms with E-state index in [4.69, 9.17) is 12.2 Å². The molecule has 106 valence electrons. The molecule has 1 rings (SSSR count). The first kappa shape index (κ1) is 15.9. The number of thiocarbonyl (C=S) groups is 1. The van der Waals surface area contributed by atoms with Gasteiger partial charge >= 0.3 is 0 Å². The molecule has 0 bridgehead atoms. The Bertz CT molecular complexity index is 370. The summed E-state index contributed by atoms with van der Waals surface area (Å²) in [5.74, 6) is -0.231. The minimum Gasteiger partial charge on any atom is -0.349 e. The second-order valence-electron chi connectivity index (χ2n) is 4.63. The number of unbranched alkanes of at least 4 members (excludes halogenated alkanes) is 2. The zero-order chi connectivity index (χ0) is 14.1. The van der Waals surface area contributed by atoms with Crippen molar-refractivity contribution in [3.8, 4) is 0 Å². The van der Waals surface area contributed by atoms with Crippen molar-refractivity contribution in [1.82, 2.24) is 4.90 Å². The van der Waals surface area contributed by atoms with E-state index in [1.807, 2.05) is 0 Å². The highest BCUT2D eigenvalue weighted by Crippen LogP contribution is 2.10.